The molecule has 336 valence electrons. The summed E-state index contributed by atoms with van der Waals surface area (Å²) in [5, 5.41) is 35.2. The number of hydrogen-bond donors (Lipinski definition) is 8. The van der Waals surface area contributed by atoms with Crippen LogP contribution in [-0.4, -0.2) is 165 Å². The molecule has 2 fully saturated rings. The highest BCUT2D eigenvalue weighted by molar-refractivity contribution is 7.53. The Balaban J connectivity index is 1.21. The molecule has 2 saturated heterocycles. The molecule has 4 heterocycles. The molecule has 23 nitrogen and oxygen atoms in total. The molecule has 2 aliphatic heterocycles. The summed E-state index contributed by atoms with van der Waals surface area (Å²) >= 11 is 0. The number of anilines is 1. The van der Waals surface area contributed by atoms with E-state index in [0.717, 1.165) is 0 Å². The Morgan fingerprint density at radius 2 is 1.78 bits per heavy atom. The second kappa shape index (κ2) is 22.1. The predicted molar refractivity (Wildman–Crippen MR) is 207 cm³/mol. The van der Waals surface area contributed by atoms with Crippen LogP contribution in [0.15, 0.2) is 11.1 Å². The first-order valence-electron chi connectivity index (χ1n) is 19.4. The summed E-state index contributed by atoms with van der Waals surface area (Å²) in [6.07, 6.45) is -6.19. The summed E-state index contributed by atoms with van der Waals surface area (Å²) in [6, 6.07) is -1.04. The van der Waals surface area contributed by atoms with Crippen LogP contribution in [0.25, 0.3) is 11.2 Å². The highest BCUT2D eigenvalue weighted by Crippen LogP contribution is 2.48. The summed E-state index contributed by atoms with van der Waals surface area (Å²) in [5.74, 6) is -0.800. The number of aliphatic hydroxyl groups is 3. The van der Waals surface area contributed by atoms with Crippen LogP contribution >= 0.6 is 7.60 Å². The van der Waals surface area contributed by atoms with Crippen molar-refractivity contribution >= 4 is 36.5 Å². The van der Waals surface area contributed by atoms with Gasteiger partial charge in [0.1, 0.15) is 49.5 Å². The molecule has 0 radical (unpaired) electrons. The number of nitrogens with one attached hydrogen (secondary N) is 3. The highest BCUT2D eigenvalue weighted by atomic mass is 31.2. The Bertz CT molecular complexity index is 1760. The molecule has 2 aromatic rings. The van der Waals surface area contributed by atoms with Crippen molar-refractivity contribution in [2.24, 2.45) is 0 Å². The van der Waals surface area contributed by atoms with Gasteiger partial charge in [0.15, 0.2) is 23.7 Å². The van der Waals surface area contributed by atoms with Crippen molar-refractivity contribution in [3.8, 4) is 0 Å². The molecule has 2 aromatic heterocycles. The smallest absolute Gasteiger partial charge is 0.330 e. The van der Waals surface area contributed by atoms with Crippen molar-refractivity contribution in [3.63, 3.8) is 0 Å². The fourth-order valence-corrected chi connectivity index (χ4v) is 6.87. The maximum Gasteiger partial charge on any atom is 0.330 e. The van der Waals surface area contributed by atoms with Gasteiger partial charge in [0.25, 0.3) is 5.56 Å². The number of rotatable bonds is 23. The molecular formula is C35H60N7O16P. The van der Waals surface area contributed by atoms with Crippen LogP contribution in [0, 0.1) is 0 Å². The van der Waals surface area contributed by atoms with Crippen molar-refractivity contribution in [1.29, 1.82) is 0 Å². The Morgan fingerprint density at radius 1 is 1.05 bits per heavy atom. The average molecular weight is 866 g/mol. The lowest BCUT2D eigenvalue weighted by atomic mass is 9.97. The van der Waals surface area contributed by atoms with Gasteiger partial charge in [0, 0.05) is 26.5 Å². The van der Waals surface area contributed by atoms with Crippen molar-refractivity contribution in [3.05, 3.63) is 16.7 Å². The number of hydrogen-bond acceptors (Lipinski definition) is 18. The molecular weight excluding hydrogens is 805 g/mol. The van der Waals surface area contributed by atoms with E-state index in [1.165, 1.54) is 17.8 Å². The first-order valence-corrected chi connectivity index (χ1v) is 21.0. The van der Waals surface area contributed by atoms with Crippen LogP contribution in [-0.2, 0) is 51.8 Å². The van der Waals surface area contributed by atoms with E-state index in [4.69, 9.17) is 43.4 Å². The van der Waals surface area contributed by atoms with Crippen LogP contribution in [0.1, 0.15) is 67.0 Å². The largest absolute Gasteiger partial charge is 0.394 e. The second-order valence-corrected chi connectivity index (χ2v) is 17.8. The maximum absolute atomic E-state index is 12.7. The van der Waals surface area contributed by atoms with E-state index >= 15 is 0 Å². The number of carbonyl (C=O) groups is 2. The van der Waals surface area contributed by atoms with E-state index in [-0.39, 0.29) is 75.8 Å². The molecule has 10 atom stereocenters. The fourth-order valence-electron chi connectivity index (χ4n) is 6.21. The van der Waals surface area contributed by atoms with Crippen LogP contribution in [0.4, 0.5) is 5.95 Å². The number of nitrogen functional groups attached to an aromatic ring is 1. The molecule has 2 amide bonds. The molecule has 0 bridgehead atoms. The molecule has 1 unspecified atom stereocenters. The molecule has 0 spiro atoms. The lowest BCUT2D eigenvalue weighted by Crippen LogP contribution is -2.64. The van der Waals surface area contributed by atoms with E-state index in [1.807, 2.05) is 20.8 Å². The minimum atomic E-state index is -3.99. The van der Waals surface area contributed by atoms with Gasteiger partial charge in [0.05, 0.1) is 50.6 Å². The van der Waals surface area contributed by atoms with E-state index in [1.54, 1.807) is 13.8 Å². The van der Waals surface area contributed by atoms with Crippen molar-refractivity contribution < 1.29 is 72.0 Å². The van der Waals surface area contributed by atoms with E-state index < -0.39 is 92.1 Å². The number of H-pyrrole nitrogens is 1. The number of carbonyl (C=O) groups excluding carboxylic acids is 2. The summed E-state index contributed by atoms with van der Waals surface area (Å²) in [5.41, 5.74) is 4.02. The van der Waals surface area contributed by atoms with Gasteiger partial charge in [-0.15, -0.1) is 0 Å². The van der Waals surface area contributed by atoms with Gasteiger partial charge in [-0.3, -0.25) is 28.5 Å². The van der Waals surface area contributed by atoms with Crippen LogP contribution in [0.5, 0.6) is 0 Å². The molecule has 59 heavy (non-hydrogen) atoms. The number of amides is 2. The monoisotopic (exact) mass is 865 g/mol. The molecule has 4 rings (SSSR count). The van der Waals surface area contributed by atoms with E-state index in [2.05, 4.69) is 25.6 Å². The molecule has 9 N–H and O–H groups in total. The zero-order valence-corrected chi connectivity index (χ0v) is 35.1. The molecule has 0 aliphatic carbocycles. The number of nitrogens with zero attached hydrogens (tertiary/aromatic N) is 3. The number of unbranched alkanes of at least 4 members (excludes halogenated alkanes) is 1. The summed E-state index contributed by atoms with van der Waals surface area (Å²) in [7, 11) is -3.99. The number of ether oxygens (including phenoxy) is 7. The van der Waals surface area contributed by atoms with Crippen molar-refractivity contribution in [2.45, 2.75) is 127 Å². The van der Waals surface area contributed by atoms with Gasteiger partial charge in [-0.05, 0) is 33.6 Å². The first-order chi connectivity index (χ1) is 27.8. The Kier molecular flexibility index (Phi) is 18.2. The summed E-state index contributed by atoms with van der Waals surface area (Å²) in [6.45, 7) is 9.64. The van der Waals surface area contributed by atoms with Gasteiger partial charge < -0.3 is 74.3 Å². The van der Waals surface area contributed by atoms with Crippen LogP contribution < -0.4 is 21.9 Å². The minimum absolute atomic E-state index is 0.0101. The Hall–Kier alpha value is -3.16. The lowest BCUT2D eigenvalue weighted by Gasteiger charge is -2.42. The highest BCUT2D eigenvalue weighted by Gasteiger charge is 2.50. The summed E-state index contributed by atoms with van der Waals surface area (Å²) in [4.78, 5) is 57.6. The number of aromatic nitrogens is 4. The van der Waals surface area contributed by atoms with Gasteiger partial charge in [-0.1, -0.05) is 13.8 Å². The third-order valence-electron chi connectivity index (χ3n) is 9.19. The topological polar surface area (TPSA) is 320 Å². The Morgan fingerprint density at radius 3 is 2.46 bits per heavy atom. The average Bonchev–Trinajstić information content (AvgIpc) is 3.72. The number of fused-ring (bicyclic) bond motifs is 1. The maximum atomic E-state index is 12.7. The zero-order chi connectivity index (χ0) is 43.5. The summed E-state index contributed by atoms with van der Waals surface area (Å²) < 4.78 is 60.9. The normalized spacial score (nSPS) is 27.3. The minimum Gasteiger partial charge on any atom is -0.394 e. The van der Waals surface area contributed by atoms with Crippen molar-refractivity contribution in [1.82, 2.24) is 30.2 Å². The van der Waals surface area contributed by atoms with Crippen molar-refractivity contribution in [2.75, 3.05) is 58.7 Å². The number of imidazole rings is 1. The molecule has 0 aromatic carbocycles. The standard InChI is InChI=1S/C35H60N7O16P/c1-19(2)59(49,50)55-16-22-28(58-35(4,5)6)29(32(56-22)42-17-38-25-30(42)40-34(36)41-31(25)48)54-18-52-14-13-51-12-10-37-23(45)9-7-8-11-53-33-24(39-20(3)44)27(47)26(46)21(15-43)57-33/h17,19,21-22,24,26-29,32-33,43,46-47H,7-16,18H2,1-6H3,(H,37,45)(H,39,44)(H,49,50)(H3,36,40,41,48)/t21-,22-,24-,26+,27-,28-,29-,32-,33-/m1/s1. The second-order valence-electron chi connectivity index (χ2n) is 15.4. The lowest BCUT2D eigenvalue weighted by molar-refractivity contribution is -0.270. The molecule has 24 heteroatoms. The number of aliphatic hydroxyl groups excluding tert-OH is 3. The SMILES string of the molecule is CC(=O)N[C@H]1[C@H](OCCCCC(=O)NCCOCCOCO[C@@H]2[C@H](OC(C)(C)C)[C@@H](COP(=O)(O)C(C)C)O[C@H]2n2cnc3c(=O)[nH]c(N)nc32)O[C@H](CO)[C@H](O)[C@@H]1O. The first kappa shape index (κ1) is 48.5. The number of nitrogens with two attached hydrogens (primary N) is 1. The van der Waals surface area contributed by atoms with Gasteiger partial charge in [-0.2, -0.15) is 4.98 Å². The van der Waals surface area contributed by atoms with E-state index in [9.17, 15) is 39.2 Å². The third kappa shape index (κ3) is 13.9. The van der Waals surface area contributed by atoms with Gasteiger partial charge in [-0.25, -0.2) is 4.98 Å². The van der Waals surface area contributed by atoms with Crippen LogP contribution in [0.2, 0.25) is 0 Å². The quantitative estimate of drug-likeness (QED) is 0.0378. The molecule has 2 aliphatic rings. The van der Waals surface area contributed by atoms with E-state index in [0.29, 0.717) is 12.8 Å². The zero-order valence-electron chi connectivity index (χ0n) is 34.2. The van der Waals surface area contributed by atoms with Crippen LogP contribution in [0.3, 0.4) is 0 Å². The predicted octanol–water partition coefficient (Wildman–Crippen LogP) is -0.984. The molecule has 0 saturated carbocycles. The third-order valence-corrected chi connectivity index (χ3v) is 11.0. The van der Waals surface area contributed by atoms with Gasteiger partial charge in [0.2, 0.25) is 17.8 Å². The Labute approximate surface area is 341 Å². The number of aromatic amines is 1. The fraction of sp³-hybridized carbons (Fsp3) is 0.800. The van der Waals surface area contributed by atoms with Gasteiger partial charge >= 0.3 is 7.60 Å².